The average Bonchev–Trinajstić information content (AvgIpc) is 3.15. The second kappa shape index (κ2) is 7.12. The topological polar surface area (TPSA) is 55.8 Å². The smallest absolute Gasteiger partial charge is 0.264 e. The summed E-state index contributed by atoms with van der Waals surface area (Å²) >= 11 is 0. The Hall–Kier alpha value is -3.13. The SMILES string of the molecule is O=S(=O)(c1ccc(F)cc1)N(Cc1ccc2c(c1)OCO2)c1ccc(F)cc1. The van der Waals surface area contributed by atoms with E-state index in [2.05, 4.69) is 0 Å². The molecule has 1 heterocycles. The molecule has 1 aliphatic heterocycles. The monoisotopic (exact) mass is 403 g/mol. The predicted molar refractivity (Wildman–Crippen MR) is 98.7 cm³/mol. The summed E-state index contributed by atoms with van der Waals surface area (Å²) in [6.07, 6.45) is 0. The van der Waals surface area contributed by atoms with E-state index in [1.165, 1.54) is 36.4 Å². The van der Waals surface area contributed by atoms with E-state index in [1.54, 1.807) is 18.2 Å². The maximum atomic E-state index is 13.4. The van der Waals surface area contributed by atoms with Gasteiger partial charge in [-0.2, -0.15) is 0 Å². The Morgan fingerprint density at radius 3 is 2.11 bits per heavy atom. The summed E-state index contributed by atoms with van der Waals surface area (Å²) in [6.45, 7) is 0.0797. The molecule has 0 bridgehead atoms. The maximum absolute atomic E-state index is 13.4. The minimum absolute atomic E-state index is 0.0258. The van der Waals surface area contributed by atoms with Crippen molar-refractivity contribution in [3.63, 3.8) is 0 Å². The van der Waals surface area contributed by atoms with Crippen LogP contribution in [0.25, 0.3) is 0 Å². The molecule has 5 nitrogen and oxygen atoms in total. The van der Waals surface area contributed by atoms with Crippen LogP contribution in [-0.4, -0.2) is 15.2 Å². The lowest BCUT2D eigenvalue weighted by Gasteiger charge is -2.25. The van der Waals surface area contributed by atoms with E-state index in [4.69, 9.17) is 9.47 Å². The fourth-order valence-corrected chi connectivity index (χ4v) is 4.31. The first-order valence-corrected chi connectivity index (χ1v) is 9.80. The normalized spacial score (nSPS) is 12.8. The molecule has 0 unspecified atom stereocenters. The van der Waals surface area contributed by atoms with Crippen molar-refractivity contribution in [2.45, 2.75) is 11.4 Å². The summed E-state index contributed by atoms with van der Waals surface area (Å²) in [6, 6.07) is 14.8. The Labute approximate surface area is 160 Å². The summed E-state index contributed by atoms with van der Waals surface area (Å²) in [5.41, 5.74) is 0.933. The molecule has 8 heteroatoms. The van der Waals surface area contributed by atoms with Crippen LogP contribution in [0, 0.1) is 11.6 Å². The first-order chi connectivity index (χ1) is 13.4. The number of sulfonamides is 1. The van der Waals surface area contributed by atoms with Gasteiger partial charge in [-0.1, -0.05) is 6.07 Å². The fraction of sp³-hybridized carbons (Fsp3) is 0.100. The summed E-state index contributed by atoms with van der Waals surface area (Å²) < 4.78 is 64.8. The van der Waals surface area contributed by atoms with Crippen molar-refractivity contribution in [3.8, 4) is 11.5 Å². The second-order valence-corrected chi connectivity index (χ2v) is 7.99. The summed E-state index contributed by atoms with van der Waals surface area (Å²) in [5.74, 6) is 0.0863. The van der Waals surface area contributed by atoms with Crippen LogP contribution in [0.2, 0.25) is 0 Å². The highest BCUT2D eigenvalue weighted by Gasteiger charge is 2.26. The van der Waals surface area contributed by atoms with Crippen molar-refractivity contribution in [1.29, 1.82) is 0 Å². The number of ether oxygens (including phenoxy) is 2. The van der Waals surface area contributed by atoms with E-state index in [1.807, 2.05) is 0 Å². The van der Waals surface area contributed by atoms with Gasteiger partial charge in [-0.15, -0.1) is 0 Å². The third kappa shape index (κ3) is 3.50. The summed E-state index contributed by atoms with van der Waals surface area (Å²) in [4.78, 5) is -0.0704. The average molecular weight is 403 g/mol. The van der Waals surface area contributed by atoms with Crippen molar-refractivity contribution in [1.82, 2.24) is 0 Å². The van der Waals surface area contributed by atoms with Gasteiger partial charge in [0.05, 0.1) is 17.1 Å². The first kappa shape index (κ1) is 18.2. The zero-order valence-corrected chi connectivity index (χ0v) is 15.3. The highest BCUT2D eigenvalue weighted by molar-refractivity contribution is 7.92. The Kier molecular flexibility index (Phi) is 4.64. The quantitative estimate of drug-likeness (QED) is 0.644. The number of fused-ring (bicyclic) bond motifs is 1. The number of nitrogens with zero attached hydrogens (tertiary/aromatic N) is 1. The van der Waals surface area contributed by atoms with Crippen LogP contribution in [0.4, 0.5) is 14.5 Å². The zero-order valence-electron chi connectivity index (χ0n) is 14.5. The number of anilines is 1. The molecule has 0 radical (unpaired) electrons. The molecule has 1 aliphatic rings. The van der Waals surface area contributed by atoms with E-state index in [0.29, 0.717) is 17.1 Å². The maximum Gasteiger partial charge on any atom is 0.264 e. The molecular formula is C20H15F2NO4S. The lowest BCUT2D eigenvalue weighted by Crippen LogP contribution is -2.30. The van der Waals surface area contributed by atoms with Gasteiger partial charge in [-0.25, -0.2) is 17.2 Å². The van der Waals surface area contributed by atoms with Crippen molar-refractivity contribution in [3.05, 3.63) is 83.9 Å². The first-order valence-electron chi connectivity index (χ1n) is 8.36. The molecule has 0 aliphatic carbocycles. The molecule has 0 saturated heterocycles. The Morgan fingerprint density at radius 2 is 1.43 bits per heavy atom. The number of rotatable bonds is 5. The van der Waals surface area contributed by atoms with Crippen LogP contribution in [0.3, 0.4) is 0 Å². The Balaban J connectivity index is 1.75. The molecule has 144 valence electrons. The van der Waals surface area contributed by atoms with Gasteiger partial charge >= 0.3 is 0 Å². The highest BCUT2D eigenvalue weighted by Crippen LogP contribution is 2.34. The van der Waals surface area contributed by atoms with Crippen LogP contribution in [0.15, 0.2) is 71.6 Å². The van der Waals surface area contributed by atoms with Gasteiger partial charge in [0, 0.05) is 0 Å². The molecule has 28 heavy (non-hydrogen) atoms. The van der Waals surface area contributed by atoms with E-state index in [0.717, 1.165) is 16.4 Å². The van der Waals surface area contributed by atoms with Crippen LogP contribution in [0.1, 0.15) is 5.56 Å². The molecule has 0 saturated carbocycles. The van der Waals surface area contributed by atoms with Gasteiger partial charge in [0.1, 0.15) is 11.6 Å². The van der Waals surface area contributed by atoms with Crippen LogP contribution in [-0.2, 0) is 16.6 Å². The van der Waals surface area contributed by atoms with Gasteiger partial charge in [-0.3, -0.25) is 4.31 Å². The molecule has 3 aromatic carbocycles. The van der Waals surface area contributed by atoms with Crippen LogP contribution in [0.5, 0.6) is 11.5 Å². The third-order valence-corrected chi connectivity index (χ3v) is 6.07. The summed E-state index contributed by atoms with van der Waals surface area (Å²) in [7, 11) is -4.02. The van der Waals surface area contributed by atoms with Crippen molar-refractivity contribution in [2.75, 3.05) is 11.1 Å². The number of hydrogen-bond acceptors (Lipinski definition) is 4. The minimum Gasteiger partial charge on any atom is -0.454 e. The lowest BCUT2D eigenvalue weighted by atomic mass is 10.2. The van der Waals surface area contributed by atoms with Gasteiger partial charge in [-0.05, 0) is 66.2 Å². The van der Waals surface area contributed by atoms with E-state index in [9.17, 15) is 17.2 Å². The van der Waals surface area contributed by atoms with Gasteiger partial charge in [0.15, 0.2) is 11.5 Å². The van der Waals surface area contributed by atoms with Crippen molar-refractivity contribution >= 4 is 15.7 Å². The number of benzene rings is 3. The predicted octanol–water partition coefficient (Wildman–Crippen LogP) is 4.09. The molecule has 0 fully saturated rings. The largest absolute Gasteiger partial charge is 0.454 e. The number of hydrogen-bond donors (Lipinski definition) is 0. The second-order valence-electron chi connectivity index (χ2n) is 6.13. The van der Waals surface area contributed by atoms with Gasteiger partial charge < -0.3 is 9.47 Å². The third-order valence-electron chi connectivity index (χ3n) is 4.28. The Morgan fingerprint density at radius 1 is 0.821 bits per heavy atom. The molecule has 0 amide bonds. The molecular weight excluding hydrogens is 388 g/mol. The number of halogens is 2. The molecule has 0 spiro atoms. The van der Waals surface area contributed by atoms with E-state index < -0.39 is 21.7 Å². The van der Waals surface area contributed by atoms with Crippen molar-refractivity contribution < 1.29 is 26.7 Å². The highest BCUT2D eigenvalue weighted by atomic mass is 32.2. The van der Waals surface area contributed by atoms with Crippen LogP contribution >= 0.6 is 0 Å². The van der Waals surface area contributed by atoms with Crippen LogP contribution < -0.4 is 13.8 Å². The Bertz CT molecular complexity index is 1100. The molecule has 4 rings (SSSR count). The lowest BCUT2D eigenvalue weighted by molar-refractivity contribution is 0.174. The molecule has 0 N–H and O–H groups in total. The van der Waals surface area contributed by atoms with Gasteiger partial charge in [0.25, 0.3) is 10.0 Å². The standard InChI is InChI=1S/C20H15F2NO4S/c21-15-2-6-17(7-3-15)23(28(24,25)18-8-4-16(22)5-9-18)12-14-1-10-19-20(11-14)27-13-26-19/h1-11H,12-13H2. The zero-order chi connectivity index (χ0) is 19.7. The molecule has 3 aromatic rings. The van der Waals surface area contributed by atoms with Crippen molar-refractivity contribution in [2.24, 2.45) is 0 Å². The van der Waals surface area contributed by atoms with E-state index in [-0.39, 0.29) is 23.9 Å². The van der Waals surface area contributed by atoms with Gasteiger partial charge in [0.2, 0.25) is 6.79 Å². The minimum atomic E-state index is -4.02. The summed E-state index contributed by atoms with van der Waals surface area (Å²) in [5, 5.41) is 0. The molecule has 0 atom stereocenters. The van der Waals surface area contributed by atoms with E-state index >= 15 is 0 Å². The fourth-order valence-electron chi connectivity index (χ4n) is 2.86. The molecule has 0 aromatic heterocycles.